The Morgan fingerprint density at radius 2 is 1.89 bits per heavy atom. The quantitative estimate of drug-likeness (QED) is 0.205. The number of nitriles is 1. The van der Waals surface area contributed by atoms with E-state index < -0.39 is 22.9 Å². The summed E-state index contributed by atoms with van der Waals surface area (Å²) in [6, 6.07) is 9.82. The van der Waals surface area contributed by atoms with Crippen molar-refractivity contribution in [1.82, 2.24) is 14.5 Å². The van der Waals surface area contributed by atoms with E-state index in [0.29, 0.717) is 51.4 Å². The van der Waals surface area contributed by atoms with Crippen LogP contribution in [-0.4, -0.2) is 64.7 Å². The summed E-state index contributed by atoms with van der Waals surface area (Å²) < 4.78 is 34.1. The third kappa shape index (κ3) is 6.76. The summed E-state index contributed by atoms with van der Waals surface area (Å²) in [7, 11) is 1.78. The molecule has 0 aliphatic heterocycles. The molecular formula is C33H38FN5O5. The molecule has 0 radical (unpaired) electrons. The Kier molecular flexibility index (Phi) is 9.16. The predicted octanol–water partition coefficient (Wildman–Crippen LogP) is 6.40. The number of carbonyl (C=O) groups is 1. The standard InChI is InChI=1S/C33H38FN5O5/c1-9-13-38(8)24-17-22(34)16-23-27-28(36-20(2)37-30(27)39(29(23)24)31(41)44-32(3,4)5)21-10-11-25(26(15-21)42-14-12-35)43-19-33(6,7)18-40/h9-11,15-17,40H,1,13-14,18-19H2,2-8H3. The Morgan fingerprint density at radius 3 is 2.52 bits per heavy atom. The van der Waals surface area contributed by atoms with Gasteiger partial charge in [-0.05, 0) is 58.0 Å². The Balaban J connectivity index is 2.05. The first-order chi connectivity index (χ1) is 20.7. The zero-order valence-corrected chi connectivity index (χ0v) is 26.2. The smallest absolute Gasteiger partial charge is 0.420 e. The summed E-state index contributed by atoms with van der Waals surface area (Å²) >= 11 is 0. The molecule has 0 aliphatic carbocycles. The highest BCUT2D eigenvalue weighted by molar-refractivity contribution is 6.19. The highest BCUT2D eigenvalue weighted by Gasteiger charge is 2.29. The van der Waals surface area contributed by atoms with E-state index in [1.165, 1.54) is 16.7 Å². The highest BCUT2D eigenvalue weighted by Crippen LogP contribution is 2.42. The van der Waals surface area contributed by atoms with Crippen molar-refractivity contribution in [2.45, 2.75) is 47.1 Å². The van der Waals surface area contributed by atoms with Gasteiger partial charge in [0.2, 0.25) is 0 Å². The lowest BCUT2D eigenvalue weighted by molar-refractivity contribution is 0.0550. The van der Waals surface area contributed by atoms with Gasteiger partial charge in [-0.25, -0.2) is 23.7 Å². The maximum atomic E-state index is 15.3. The molecule has 0 fully saturated rings. The summed E-state index contributed by atoms with van der Waals surface area (Å²) in [6.07, 6.45) is 1.01. The van der Waals surface area contributed by atoms with Crippen LogP contribution in [0, 0.1) is 29.5 Å². The second-order valence-electron chi connectivity index (χ2n) is 12.3. The number of aromatic nitrogens is 3. The van der Waals surface area contributed by atoms with Crippen molar-refractivity contribution < 1.29 is 28.5 Å². The fourth-order valence-corrected chi connectivity index (χ4v) is 4.68. The highest BCUT2D eigenvalue weighted by atomic mass is 19.1. The van der Waals surface area contributed by atoms with Crippen molar-refractivity contribution in [3.63, 3.8) is 0 Å². The topological polar surface area (TPSA) is 123 Å². The van der Waals surface area contributed by atoms with Crippen molar-refractivity contribution >= 4 is 33.7 Å². The van der Waals surface area contributed by atoms with E-state index in [-0.39, 0.29) is 31.2 Å². The molecule has 0 atom stereocenters. The molecule has 11 heteroatoms. The molecule has 10 nitrogen and oxygen atoms in total. The molecule has 4 rings (SSSR count). The maximum Gasteiger partial charge on any atom is 0.420 e. The molecule has 0 spiro atoms. The number of rotatable bonds is 10. The van der Waals surface area contributed by atoms with E-state index in [1.54, 1.807) is 63.9 Å². The molecule has 0 saturated heterocycles. The Labute approximate surface area is 256 Å². The molecule has 1 N–H and O–H groups in total. The van der Waals surface area contributed by atoms with Crippen LogP contribution >= 0.6 is 0 Å². The number of nitrogens with zero attached hydrogens (tertiary/aromatic N) is 5. The van der Waals surface area contributed by atoms with Gasteiger partial charge in [-0.1, -0.05) is 19.9 Å². The van der Waals surface area contributed by atoms with Gasteiger partial charge in [0.25, 0.3) is 0 Å². The largest absolute Gasteiger partial charge is 0.489 e. The van der Waals surface area contributed by atoms with Gasteiger partial charge >= 0.3 is 6.09 Å². The van der Waals surface area contributed by atoms with Gasteiger partial charge in [0.15, 0.2) is 23.8 Å². The number of halogens is 1. The minimum atomic E-state index is -0.814. The van der Waals surface area contributed by atoms with Gasteiger partial charge in [-0.3, -0.25) is 0 Å². The van der Waals surface area contributed by atoms with Crippen LogP contribution in [0.3, 0.4) is 0 Å². The van der Waals surface area contributed by atoms with Gasteiger partial charge in [0, 0.05) is 30.0 Å². The number of aliphatic hydroxyl groups excluding tert-OH is 1. The molecule has 0 amide bonds. The van der Waals surface area contributed by atoms with Gasteiger partial charge < -0.3 is 24.2 Å². The normalized spacial score (nSPS) is 11.8. The molecule has 2 heterocycles. The number of benzene rings is 2. The molecule has 0 aliphatic rings. The van der Waals surface area contributed by atoms with Crippen molar-refractivity contribution in [2.24, 2.45) is 5.41 Å². The fraction of sp³-hybridized carbons (Fsp3) is 0.394. The van der Waals surface area contributed by atoms with Crippen LogP contribution in [0.5, 0.6) is 11.5 Å². The molecule has 232 valence electrons. The summed E-state index contributed by atoms with van der Waals surface area (Å²) in [5.41, 5.74) is 0.771. The van der Waals surface area contributed by atoms with Gasteiger partial charge in [-0.15, -0.1) is 6.58 Å². The van der Waals surface area contributed by atoms with Crippen molar-refractivity contribution in [2.75, 3.05) is 38.3 Å². The number of hydrogen-bond donors (Lipinski definition) is 1. The maximum absolute atomic E-state index is 15.3. The monoisotopic (exact) mass is 603 g/mol. The fourth-order valence-electron chi connectivity index (χ4n) is 4.68. The third-order valence-corrected chi connectivity index (χ3v) is 6.71. The van der Waals surface area contributed by atoms with Crippen LogP contribution < -0.4 is 14.4 Å². The number of ether oxygens (including phenoxy) is 3. The number of carbonyl (C=O) groups excluding carboxylic acids is 1. The van der Waals surface area contributed by atoms with Crippen molar-refractivity contribution in [3.8, 4) is 28.8 Å². The predicted molar refractivity (Wildman–Crippen MR) is 168 cm³/mol. The Morgan fingerprint density at radius 1 is 1.16 bits per heavy atom. The summed E-state index contributed by atoms with van der Waals surface area (Å²) in [4.78, 5) is 25.0. The number of aliphatic hydroxyl groups is 1. The lowest BCUT2D eigenvalue weighted by Gasteiger charge is -2.23. The van der Waals surface area contributed by atoms with E-state index in [4.69, 9.17) is 19.2 Å². The summed E-state index contributed by atoms with van der Waals surface area (Å²) in [5, 5.41) is 19.7. The molecule has 0 saturated carbocycles. The van der Waals surface area contributed by atoms with Gasteiger partial charge in [-0.2, -0.15) is 5.26 Å². The van der Waals surface area contributed by atoms with Crippen LogP contribution in [0.4, 0.5) is 14.9 Å². The summed E-state index contributed by atoms with van der Waals surface area (Å²) in [5.74, 6) is 0.524. The molecule has 2 aromatic carbocycles. The average Bonchev–Trinajstić information content (AvgIpc) is 3.27. The second kappa shape index (κ2) is 12.5. The number of fused-ring (bicyclic) bond motifs is 3. The third-order valence-electron chi connectivity index (χ3n) is 6.71. The molecular weight excluding hydrogens is 565 g/mol. The Bertz CT molecular complexity index is 1770. The molecule has 0 bridgehead atoms. The first-order valence-electron chi connectivity index (χ1n) is 14.1. The van der Waals surface area contributed by atoms with Crippen LogP contribution in [0.2, 0.25) is 0 Å². The lowest BCUT2D eigenvalue weighted by Crippen LogP contribution is -2.28. The summed E-state index contributed by atoms with van der Waals surface area (Å²) in [6.45, 7) is 14.8. The zero-order valence-electron chi connectivity index (χ0n) is 26.2. The minimum absolute atomic E-state index is 0.0834. The number of aryl methyl sites for hydroxylation is 1. The second-order valence-corrected chi connectivity index (χ2v) is 12.3. The van der Waals surface area contributed by atoms with Crippen LogP contribution in [0.15, 0.2) is 43.0 Å². The zero-order chi connectivity index (χ0) is 32.4. The van der Waals surface area contributed by atoms with Crippen molar-refractivity contribution in [3.05, 3.63) is 54.6 Å². The number of anilines is 1. The lowest BCUT2D eigenvalue weighted by atomic mass is 9.96. The number of likely N-dealkylation sites (N-methyl/N-ethyl adjacent to an activating group) is 1. The Hall–Kier alpha value is -4.69. The molecule has 2 aromatic heterocycles. The van der Waals surface area contributed by atoms with E-state index in [9.17, 15) is 15.2 Å². The van der Waals surface area contributed by atoms with Crippen LogP contribution in [0.25, 0.3) is 33.2 Å². The first-order valence-corrected chi connectivity index (χ1v) is 14.1. The van der Waals surface area contributed by atoms with Crippen LogP contribution in [0.1, 0.15) is 40.4 Å². The first kappa shape index (κ1) is 32.2. The van der Waals surface area contributed by atoms with Crippen LogP contribution in [-0.2, 0) is 4.74 Å². The molecule has 4 aromatic rings. The molecule has 44 heavy (non-hydrogen) atoms. The average molecular weight is 604 g/mol. The SMILES string of the molecule is C=CCN(C)c1cc(F)cc2c3c(-c4ccc(OCC(C)(C)CO)c(OCC#N)c4)nc(C)nc3n(C(=O)OC(C)(C)C)c12. The number of hydrogen-bond acceptors (Lipinski definition) is 9. The molecule has 0 unspecified atom stereocenters. The van der Waals surface area contributed by atoms with E-state index in [2.05, 4.69) is 11.6 Å². The van der Waals surface area contributed by atoms with E-state index in [1.807, 2.05) is 19.9 Å². The van der Waals surface area contributed by atoms with Crippen molar-refractivity contribution in [1.29, 1.82) is 5.26 Å². The van der Waals surface area contributed by atoms with E-state index in [0.717, 1.165) is 0 Å². The van der Waals surface area contributed by atoms with Gasteiger partial charge in [0.05, 0.1) is 35.5 Å². The van der Waals surface area contributed by atoms with E-state index >= 15 is 4.39 Å². The van der Waals surface area contributed by atoms with Gasteiger partial charge in [0.1, 0.15) is 23.3 Å². The minimum Gasteiger partial charge on any atom is -0.489 e.